The van der Waals surface area contributed by atoms with Gasteiger partial charge in [0.05, 0.1) is 0 Å². The lowest BCUT2D eigenvalue weighted by Gasteiger charge is -1.98. The van der Waals surface area contributed by atoms with Gasteiger partial charge in [-0.05, 0) is 0 Å². The second kappa shape index (κ2) is 2.67. The van der Waals surface area contributed by atoms with Crippen molar-refractivity contribution >= 4 is 13.8 Å². The second-order valence-corrected chi connectivity index (χ2v) is 1.77. The molecule has 3 heteroatoms. The van der Waals surface area contributed by atoms with Gasteiger partial charge in [-0.1, -0.05) is 6.92 Å². The average molecular weight is 98.9 g/mol. The standard InChI is InChI=1S/C4H10BNO/c1-3(5)4(7)6-2/h3H,5H2,1-2H3,(H,6,7). The molecule has 0 aromatic heterocycles. The molecule has 0 rings (SSSR count). The Labute approximate surface area is 44.7 Å². The summed E-state index contributed by atoms with van der Waals surface area (Å²) in [5.74, 6) is 0.213. The van der Waals surface area contributed by atoms with E-state index in [9.17, 15) is 4.79 Å². The molecule has 0 heterocycles. The molecular formula is C4H10BNO. The molecule has 2 nitrogen and oxygen atoms in total. The first kappa shape index (κ1) is 6.53. The number of hydrogen-bond donors (Lipinski definition) is 1. The first-order chi connectivity index (χ1) is 3.18. The van der Waals surface area contributed by atoms with E-state index in [2.05, 4.69) is 5.32 Å². The van der Waals surface area contributed by atoms with Crippen LogP contribution in [0.4, 0.5) is 0 Å². The van der Waals surface area contributed by atoms with Crippen molar-refractivity contribution in [3.05, 3.63) is 0 Å². The zero-order valence-corrected chi connectivity index (χ0v) is 4.99. The monoisotopic (exact) mass is 99.1 g/mol. The predicted octanol–water partition coefficient (Wildman–Crippen LogP) is -0.826. The molecule has 1 amide bonds. The van der Waals surface area contributed by atoms with Crippen LogP contribution in [-0.4, -0.2) is 20.8 Å². The van der Waals surface area contributed by atoms with Crippen LogP contribution >= 0.6 is 0 Å². The van der Waals surface area contributed by atoms with E-state index >= 15 is 0 Å². The van der Waals surface area contributed by atoms with Crippen LogP contribution in [0.1, 0.15) is 6.92 Å². The third kappa shape index (κ3) is 2.26. The molecule has 1 N–H and O–H groups in total. The fourth-order valence-electron chi connectivity index (χ4n) is 0.289. The Morgan fingerprint density at radius 1 is 1.86 bits per heavy atom. The molecule has 1 unspecified atom stereocenters. The maximum Gasteiger partial charge on any atom is 0.214 e. The number of nitrogens with one attached hydrogen (secondary N) is 1. The van der Waals surface area contributed by atoms with Gasteiger partial charge in [0.2, 0.25) is 5.91 Å². The first-order valence-electron chi connectivity index (χ1n) is 2.40. The maximum absolute atomic E-state index is 10.4. The van der Waals surface area contributed by atoms with Gasteiger partial charge in [0.15, 0.2) is 0 Å². The average Bonchev–Trinajstić information content (AvgIpc) is 1.65. The van der Waals surface area contributed by atoms with Crippen LogP contribution in [0.2, 0.25) is 5.82 Å². The van der Waals surface area contributed by atoms with E-state index in [1.807, 2.05) is 14.8 Å². The number of hydrogen-bond acceptors (Lipinski definition) is 1. The Morgan fingerprint density at radius 2 is 2.29 bits per heavy atom. The predicted molar refractivity (Wildman–Crippen MR) is 32.0 cm³/mol. The largest absolute Gasteiger partial charge is 0.360 e. The Hall–Kier alpha value is -0.465. The molecule has 0 saturated heterocycles. The molecule has 7 heavy (non-hydrogen) atoms. The summed E-state index contributed by atoms with van der Waals surface area (Å²) in [6, 6.07) is 0. The number of carbonyl (C=O) groups excluding carboxylic acids is 1. The molecule has 0 radical (unpaired) electrons. The lowest BCUT2D eigenvalue weighted by Crippen LogP contribution is -2.21. The van der Waals surface area contributed by atoms with Crippen molar-refractivity contribution < 1.29 is 4.79 Å². The fraction of sp³-hybridized carbons (Fsp3) is 0.750. The third-order valence-corrected chi connectivity index (χ3v) is 0.771. The van der Waals surface area contributed by atoms with Crippen molar-refractivity contribution in [3.8, 4) is 0 Å². The minimum absolute atomic E-state index is 0.0972. The Bertz CT molecular complexity index is 72.1. The molecule has 0 saturated carbocycles. The number of amides is 1. The summed E-state index contributed by atoms with van der Waals surface area (Å²) in [4.78, 5) is 10.4. The van der Waals surface area contributed by atoms with E-state index in [1.54, 1.807) is 7.05 Å². The summed E-state index contributed by atoms with van der Waals surface area (Å²) in [6.07, 6.45) is 0. The van der Waals surface area contributed by atoms with Gasteiger partial charge in [-0.25, -0.2) is 0 Å². The molecule has 0 aromatic carbocycles. The smallest absolute Gasteiger partial charge is 0.214 e. The summed E-state index contributed by atoms with van der Waals surface area (Å²) in [6.45, 7) is 1.86. The zero-order chi connectivity index (χ0) is 5.86. The Balaban J connectivity index is 3.35. The molecule has 0 fully saturated rings. The van der Waals surface area contributed by atoms with E-state index in [0.717, 1.165) is 0 Å². The van der Waals surface area contributed by atoms with E-state index in [0.29, 0.717) is 0 Å². The molecule has 1 atom stereocenters. The summed E-state index contributed by atoms with van der Waals surface area (Å²) >= 11 is 0. The van der Waals surface area contributed by atoms with Gasteiger partial charge < -0.3 is 5.32 Å². The summed E-state index contributed by atoms with van der Waals surface area (Å²) in [7, 11) is 3.50. The van der Waals surface area contributed by atoms with Gasteiger partial charge in [-0.3, -0.25) is 4.79 Å². The highest BCUT2D eigenvalue weighted by atomic mass is 16.1. The highest BCUT2D eigenvalue weighted by molar-refractivity contribution is 6.23. The fourth-order valence-corrected chi connectivity index (χ4v) is 0.289. The van der Waals surface area contributed by atoms with Crippen molar-refractivity contribution in [3.63, 3.8) is 0 Å². The van der Waals surface area contributed by atoms with Gasteiger partial charge >= 0.3 is 0 Å². The van der Waals surface area contributed by atoms with Gasteiger partial charge in [-0.2, -0.15) is 0 Å². The van der Waals surface area contributed by atoms with Crippen molar-refractivity contribution in [1.82, 2.24) is 5.32 Å². The van der Waals surface area contributed by atoms with Crippen LogP contribution in [0.25, 0.3) is 0 Å². The number of carbonyl (C=O) groups is 1. The molecule has 0 bridgehead atoms. The normalized spacial score (nSPS) is 12.9. The van der Waals surface area contributed by atoms with Gasteiger partial charge in [0.25, 0.3) is 0 Å². The lowest BCUT2D eigenvalue weighted by atomic mass is 9.89. The summed E-state index contributed by atoms with van der Waals surface area (Å²) in [5, 5.41) is 2.53. The van der Waals surface area contributed by atoms with Gasteiger partial charge in [-0.15, -0.1) is 0 Å². The Morgan fingerprint density at radius 3 is 2.29 bits per heavy atom. The van der Waals surface area contributed by atoms with Crippen LogP contribution < -0.4 is 5.32 Å². The minimum Gasteiger partial charge on any atom is -0.360 e. The highest BCUT2D eigenvalue weighted by Gasteiger charge is 2.00. The van der Waals surface area contributed by atoms with E-state index in [1.165, 1.54) is 0 Å². The van der Waals surface area contributed by atoms with E-state index in [-0.39, 0.29) is 11.7 Å². The van der Waals surface area contributed by atoms with E-state index < -0.39 is 0 Å². The van der Waals surface area contributed by atoms with Crippen molar-refractivity contribution in [1.29, 1.82) is 0 Å². The SMILES string of the molecule is BC(C)C(=O)NC. The molecule has 40 valence electrons. The third-order valence-electron chi connectivity index (χ3n) is 0.771. The highest BCUT2D eigenvalue weighted by Crippen LogP contribution is 1.90. The topological polar surface area (TPSA) is 29.1 Å². The molecule has 0 aromatic rings. The first-order valence-corrected chi connectivity index (χ1v) is 2.40. The number of rotatable bonds is 1. The molecular weight excluding hydrogens is 88.9 g/mol. The maximum atomic E-state index is 10.4. The Kier molecular flexibility index (Phi) is 2.49. The van der Waals surface area contributed by atoms with Crippen LogP contribution in [0.3, 0.4) is 0 Å². The van der Waals surface area contributed by atoms with Gasteiger partial charge in [0.1, 0.15) is 7.85 Å². The lowest BCUT2D eigenvalue weighted by molar-refractivity contribution is -0.120. The van der Waals surface area contributed by atoms with Crippen molar-refractivity contribution in [2.24, 2.45) is 0 Å². The molecule has 0 spiro atoms. The molecule has 0 aliphatic heterocycles. The van der Waals surface area contributed by atoms with E-state index in [4.69, 9.17) is 0 Å². The van der Waals surface area contributed by atoms with Crippen molar-refractivity contribution in [2.45, 2.75) is 12.7 Å². The second-order valence-electron chi connectivity index (χ2n) is 1.77. The van der Waals surface area contributed by atoms with Crippen LogP contribution in [0.5, 0.6) is 0 Å². The molecule has 0 aliphatic rings. The minimum atomic E-state index is 0.0972. The van der Waals surface area contributed by atoms with Crippen molar-refractivity contribution in [2.75, 3.05) is 7.05 Å². The zero-order valence-electron chi connectivity index (χ0n) is 4.99. The van der Waals surface area contributed by atoms with Gasteiger partial charge in [0, 0.05) is 12.9 Å². The summed E-state index contributed by atoms with van der Waals surface area (Å²) in [5.41, 5.74) is 0. The quantitative estimate of drug-likeness (QED) is 0.427. The van der Waals surface area contributed by atoms with Crippen LogP contribution in [-0.2, 0) is 4.79 Å². The van der Waals surface area contributed by atoms with Crippen LogP contribution in [0.15, 0.2) is 0 Å². The molecule has 0 aliphatic carbocycles. The van der Waals surface area contributed by atoms with Crippen LogP contribution in [0, 0.1) is 0 Å². The summed E-state index contributed by atoms with van der Waals surface area (Å²) < 4.78 is 0.